The second-order valence-corrected chi connectivity index (χ2v) is 10.9. The van der Waals surface area contributed by atoms with E-state index in [0.717, 1.165) is 5.66 Å². The highest BCUT2D eigenvalue weighted by Crippen LogP contribution is 2.66. The average Bonchev–Trinajstić information content (AvgIpc) is 2.12. The molecule has 0 nitrogen and oxygen atoms in total. The summed E-state index contributed by atoms with van der Waals surface area (Å²) in [6.45, 7) is 9.35. The van der Waals surface area contributed by atoms with E-state index in [1.54, 1.807) is 0 Å². The lowest BCUT2D eigenvalue weighted by Gasteiger charge is -2.35. The maximum absolute atomic E-state index is 5.84. The molecule has 0 aromatic carbocycles. The molecule has 1 aliphatic heterocycles. The maximum atomic E-state index is 5.84. The van der Waals surface area contributed by atoms with Gasteiger partial charge in [-0.1, -0.05) is 39.5 Å². The van der Waals surface area contributed by atoms with Gasteiger partial charge in [0.1, 0.15) is 0 Å². The van der Waals surface area contributed by atoms with Gasteiger partial charge in [-0.05, 0) is 35.9 Å². The summed E-state index contributed by atoms with van der Waals surface area (Å²) >= 11 is 5.84. The van der Waals surface area contributed by atoms with Crippen LogP contribution in [0, 0.1) is 0 Å². The van der Waals surface area contributed by atoms with E-state index in [4.69, 9.17) is 11.8 Å². The summed E-state index contributed by atoms with van der Waals surface area (Å²) in [6.07, 6.45) is 4.12. The minimum atomic E-state index is -1.01. The molecule has 1 fully saturated rings. The third-order valence-corrected chi connectivity index (χ3v) is 11.2. The normalized spacial score (nSPS) is 39.5. The molecule has 66 valence electrons. The van der Waals surface area contributed by atoms with Gasteiger partial charge in [0, 0.05) is 0 Å². The second-order valence-electron chi connectivity index (χ2n) is 4.68. The van der Waals surface area contributed by atoms with E-state index in [1.807, 2.05) is 0 Å². The van der Waals surface area contributed by atoms with Crippen molar-refractivity contribution in [1.82, 2.24) is 0 Å². The fourth-order valence-electron chi connectivity index (χ4n) is 2.05. The van der Waals surface area contributed by atoms with Gasteiger partial charge in [-0.25, -0.2) is 0 Å². The molecule has 1 rings (SSSR count). The fourth-order valence-corrected chi connectivity index (χ4v) is 6.44. The predicted molar refractivity (Wildman–Crippen MR) is 57.6 cm³/mol. The standard InChI is InChI=1S/C9H19PS/c1-8-6-5-7-10(8,11)9(2,3)4/h8H,5-7H2,1-4H3/t8-,10+/m1/s1. The third-order valence-electron chi connectivity index (χ3n) is 2.96. The largest absolute Gasteiger partial charge is 0.0967 e. The summed E-state index contributed by atoms with van der Waals surface area (Å²) in [6, 6.07) is -1.01. The van der Waals surface area contributed by atoms with Crippen LogP contribution < -0.4 is 0 Å². The van der Waals surface area contributed by atoms with Gasteiger partial charge < -0.3 is 0 Å². The van der Waals surface area contributed by atoms with E-state index >= 15 is 0 Å². The van der Waals surface area contributed by atoms with Crippen LogP contribution in [0.5, 0.6) is 0 Å². The molecular formula is C9H19PS. The molecule has 0 bridgehead atoms. The molecular weight excluding hydrogens is 171 g/mol. The topological polar surface area (TPSA) is 0 Å². The van der Waals surface area contributed by atoms with Gasteiger partial charge in [0.2, 0.25) is 0 Å². The zero-order valence-corrected chi connectivity index (χ0v) is 9.77. The van der Waals surface area contributed by atoms with Crippen molar-refractivity contribution in [3.05, 3.63) is 0 Å². The van der Waals surface area contributed by atoms with Crippen LogP contribution in [-0.2, 0) is 11.8 Å². The first-order valence-corrected chi connectivity index (χ1v) is 7.52. The molecule has 1 aliphatic rings. The molecule has 0 aromatic rings. The van der Waals surface area contributed by atoms with Crippen molar-refractivity contribution >= 4 is 17.8 Å². The van der Waals surface area contributed by atoms with Crippen LogP contribution in [0.4, 0.5) is 0 Å². The van der Waals surface area contributed by atoms with Crippen LogP contribution in [0.15, 0.2) is 0 Å². The predicted octanol–water partition coefficient (Wildman–Crippen LogP) is 3.45. The van der Waals surface area contributed by atoms with E-state index in [2.05, 4.69) is 27.7 Å². The Labute approximate surface area is 75.8 Å². The van der Waals surface area contributed by atoms with Gasteiger partial charge in [0.15, 0.2) is 0 Å². The molecule has 0 unspecified atom stereocenters. The Morgan fingerprint density at radius 1 is 1.36 bits per heavy atom. The summed E-state index contributed by atoms with van der Waals surface area (Å²) < 4.78 is 0. The lowest BCUT2D eigenvalue weighted by Crippen LogP contribution is -2.19. The van der Waals surface area contributed by atoms with E-state index in [9.17, 15) is 0 Å². The molecule has 0 amide bonds. The average molecular weight is 190 g/mol. The van der Waals surface area contributed by atoms with Crippen molar-refractivity contribution in [1.29, 1.82) is 0 Å². The van der Waals surface area contributed by atoms with Gasteiger partial charge in [-0.2, -0.15) is 0 Å². The van der Waals surface area contributed by atoms with Crippen molar-refractivity contribution in [2.75, 3.05) is 6.16 Å². The Morgan fingerprint density at radius 3 is 2.09 bits per heavy atom. The first kappa shape index (κ1) is 9.74. The summed E-state index contributed by atoms with van der Waals surface area (Å²) in [4.78, 5) is 0. The molecule has 2 heteroatoms. The lowest BCUT2D eigenvalue weighted by molar-refractivity contribution is 0.767. The zero-order chi connectivity index (χ0) is 8.70. The highest BCUT2D eigenvalue weighted by molar-refractivity contribution is 8.15. The Bertz CT molecular complexity index is 190. The number of rotatable bonds is 0. The van der Waals surface area contributed by atoms with Crippen molar-refractivity contribution in [3.63, 3.8) is 0 Å². The molecule has 11 heavy (non-hydrogen) atoms. The molecule has 0 aliphatic carbocycles. The van der Waals surface area contributed by atoms with Gasteiger partial charge in [0.05, 0.1) is 0 Å². The number of hydrogen-bond acceptors (Lipinski definition) is 1. The summed E-state index contributed by atoms with van der Waals surface area (Å²) in [7, 11) is 0. The molecule has 2 atom stereocenters. The van der Waals surface area contributed by atoms with Crippen molar-refractivity contribution in [2.24, 2.45) is 0 Å². The highest BCUT2D eigenvalue weighted by atomic mass is 32.4. The monoisotopic (exact) mass is 190 g/mol. The Hall–Kier alpha value is 0.650. The molecule has 0 saturated carbocycles. The van der Waals surface area contributed by atoms with E-state index in [0.29, 0.717) is 5.16 Å². The summed E-state index contributed by atoms with van der Waals surface area (Å²) in [5, 5.41) is 0.415. The SMILES string of the molecule is C[C@@H]1CCC[P@@]1(=S)C(C)(C)C. The minimum Gasteiger partial charge on any atom is -0.0967 e. The quantitative estimate of drug-likeness (QED) is 0.527. The minimum absolute atomic E-state index is 0.415. The van der Waals surface area contributed by atoms with Crippen LogP contribution in [-0.4, -0.2) is 17.0 Å². The van der Waals surface area contributed by atoms with Gasteiger partial charge in [-0.15, -0.1) is 0 Å². The van der Waals surface area contributed by atoms with E-state index in [1.165, 1.54) is 19.0 Å². The first-order valence-electron chi connectivity index (χ1n) is 4.47. The smallest absolute Gasteiger partial charge is 0.00866 e. The number of hydrogen-bond donors (Lipinski definition) is 0. The van der Waals surface area contributed by atoms with Crippen LogP contribution in [0.1, 0.15) is 40.5 Å². The van der Waals surface area contributed by atoms with Crippen molar-refractivity contribution in [2.45, 2.75) is 51.4 Å². The van der Waals surface area contributed by atoms with Crippen LogP contribution in [0.25, 0.3) is 0 Å². The molecule has 0 N–H and O–H groups in total. The van der Waals surface area contributed by atoms with Gasteiger partial charge in [-0.3, -0.25) is 0 Å². The van der Waals surface area contributed by atoms with Crippen LogP contribution in [0.2, 0.25) is 0 Å². The Morgan fingerprint density at radius 2 is 1.91 bits per heavy atom. The molecule has 0 radical (unpaired) electrons. The Kier molecular flexibility index (Phi) is 2.52. The van der Waals surface area contributed by atoms with E-state index in [-0.39, 0.29) is 0 Å². The van der Waals surface area contributed by atoms with Gasteiger partial charge >= 0.3 is 0 Å². The van der Waals surface area contributed by atoms with Crippen LogP contribution >= 0.6 is 6.04 Å². The first-order chi connectivity index (χ1) is 4.88. The lowest BCUT2D eigenvalue weighted by atomic mass is 10.3. The molecule has 0 aromatic heterocycles. The maximum Gasteiger partial charge on any atom is -0.00866 e. The van der Waals surface area contributed by atoms with Gasteiger partial charge in [0.25, 0.3) is 0 Å². The van der Waals surface area contributed by atoms with Crippen molar-refractivity contribution < 1.29 is 0 Å². The zero-order valence-electron chi connectivity index (χ0n) is 8.05. The van der Waals surface area contributed by atoms with Crippen molar-refractivity contribution in [3.8, 4) is 0 Å². The molecule has 1 saturated heterocycles. The Balaban J connectivity index is 2.91. The second kappa shape index (κ2) is 2.85. The van der Waals surface area contributed by atoms with E-state index < -0.39 is 6.04 Å². The molecule has 1 heterocycles. The molecule has 0 spiro atoms. The van der Waals surface area contributed by atoms with Crippen LogP contribution in [0.3, 0.4) is 0 Å². The summed E-state index contributed by atoms with van der Waals surface area (Å²) in [5.74, 6) is 0. The third kappa shape index (κ3) is 1.55. The summed E-state index contributed by atoms with van der Waals surface area (Å²) in [5.41, 5.74) is 0.845. The highest BCUT2D eigenvalue weighted by Gasteiger charge is 2.39. The fraction of sp³-hybridized carbons (Fsp3) is 1.00.